The van der Waals surface area contributed by atoms with Crippen molar-refractivity contribution < 1.29 is 19.4 Å². The zero-order valence-electron chi connectivity index (χ0n) is 13.6. The minimum atomic E-state index is -1.02. The fourth-order valence-electron chi connectivity index (χ4n) is 2.15. The molecule has 3 N–H and O–H groups in total. The van der Waals surface area contributed by atoms with E-state index in [4.69, 9.17) is 4.74 Å². The predicted molar refractivity (Wildman–Crippen MR) is 90.1 cm³/mol. The molecular formula is C18H20N2O4. The van der Waals surface area contributed by atoms with Crippen LogP contribution in [0.4, 0.5) is 0 Å². The molecule has 0 saturated heterocycles. The van der Waals surface area contributed by atoms with Crippen LogP contribution in [0.2, 0.25) is 0 Å². The highest BCUT2D eigenvalue weighted by Gasteiger charge is 2.21. The first-order valence-corrected chi connectivity index (χ1v) is 7.52. The number of carbonyl (C=O) groups is 2. The molecule has 1 unspecified atom stereocenters. The number of aliphatic hydroxyl groups is 1. The second-order valence-corrected chi connectivity index (χ2v) is 5.24. The van der Waals surface area contributed by atoms with Crippen molar-refractivity contribution in [1.29, 1.82) is 0 Å². The number of rotatable bonds is 6. The van der Waals surface area contributed by atoms with Gasteiger partial charge in [0.25, 0.3) is 5.91 Å². The molecule has 0 saturated carbocycles. The summed E-state index contributed by atoms with van der Waals surface area (Å²) in [5.41, 5.74) is 1.32. The number of ether oxygens (including phenoxy) is 1. The number of carbonyl (C=O) groups excluding carboxylic acids is 2. The molecule has 126 valence electrons. The monoisotopic (exact) mass is 328 g/mol. The van der Waals surface area contributed by atoms with Gasteiger partial charge in [-0.15, -0.1) is 0 Å². The molecule has 2 amide bonds. The topological polar surface area (TPSA) is 87.7 Å². The van der Waals surface area contributed by atoms with Crippen molar-refractivity contribution in [2.45, 2.75) is 13.0 Å². The van der Waals surface area contributed by atoms with Gasteiger partial charge < -0.3 is 20.5 Å². The fourth-order valence-corrected chi connectivity index (χ4v) is 2.15. The Labute approximate surface area is 140 Å². The summed E-state index contributed by atoms with van der Waals surface area (Å²) in [6, 6.07) is 13.2. The molecule has 0 fully saturated rings. The Morgan fingerprint density at radius 1 is 1.17 bits per heavy atom. The van der Waals surface area contributed by atoms with E-state index in [1.54, 1.807) is 30.3 Å². The Kier molecular flexibility index (Phi) is 5.92. The van der Waals surface area contributed by atoms with Gasteiger partial charge in [0.1, 0.15) is 17.5 Å². The molecule has 0 bridgehead atoms. The van der Waals surface area contributed by atoms with Gasteiger partial charge in [-0.3, -0.25) is 9.59 Å². The third kappa shape index (κ3) is 4.33. The van der Waals surface area contributed by atoms with Crippen LogP contribution in [0.25, 0.3) is 0 Å². The van der Waals surface area contributed by atoms with Crippen LogP contribution < -0.4 is 15.4 Å². The lowest BCUT2D eigenvalue weighted by Crippen LogP contribution is -2.48. The number of para-hydroxylation sites is 1. The van der Waals surface area contributed by atoms with Gasteiger partial charge in [-0.25, -0.2) is 0 Å². The molecule has 6 heteroatoms. The number of hydrogen-bond donors (Lipinski definition) is 3. The van der Waals surface area contributed by atoms with Gasteiger partial charge in [-0.05, 0) is 36.8 Å². The lowest BCUT2D eigenvalue weighted by Gasteiger charge is -2.16. The Bertz CT molecular complexity index is 730. The molecule has 0 aromatic heterocycles. The number of nitrogens with one attached hydrogen (secondary N) is 2. The van der Waals surface area contributed by atoms with E-state index >= 15 is 0 Å². The van der Waals surface area contributed by atoms with Gasteiger partial charge in [-0.1, -0.05) is 24.3 Å². The summed E-state index contributed by atoms with van der Waals surface area (Å²) in [5, 5.41) is 14.1. The third-order valence-corrected chi connectivity index (χ3v) is 3.40. The number of benzene rings is 2. The maximum atomic E-state index is 12.4. The van der Waals surface area contributed by atoms with Crippen molar-refractivity contribution in [2.24, 2.45) is 0 Å². The molecule has 6 nitrogen and oxygen atoms in total. The van der Waals surface area contributed by atoms with Crippen molar-refractivity contribution in [3.05, 3.63) is 59.7 Å². The Hall–Kier alpha value is -2.86. The minimum absolute atomic E-state index is 0.279. The second-order valence-electron chi connectivity index (χ2n) is 5.24. The van der Waals surface area contributed by atoms with Crippen molar-refractivity contribution >= 4 is 11.8 Å². The van der Waals surface area contributed by atoms with Crippen LogP contribution in [0.3, 0.4) is 0 Å². The third-order valence-electron chi connectivity index (χ3n) is 3.40. The molecule has 24 heavy (non-hydrogen) atoms. The van der Waals surface area contributed by atoms with E-state index in [1.165, 1.54) is 7.05 Å². The first-order valence-electron chi connectivity index (χ1n) is 7.52. The SMILES string of the molecule is CNC(=O)C(CO)NC(=O)c1ccccc1Oc1cccc(C)c1. The normalized spacial score (nSPS) is 11.5. The summed E-state index contributed by atoms with van der Waals surface area (Å²) in [6.07, 6.45) is 0. The van der Waals surface area contributed by atoms with Crippen molar-refractivity contribution in [3.8, 4) is 11.5 Å². The Morgan fingerprint density at radius 2 is 1.92 bits per heavy atom. The average Bonchev–Trinajstić information content (AvgIpc) is 2.59. The Morgan fingerprint density at radius 3 is 2.58 bits per heavy atom. The van der Waals surface area contributed by atoms with Crippen LogP contribution in [0, 0.1) is 6.92 Å². The molecular weight excluding hydrogens is 308 g/mol. The molecule has 0 spiro atoms. The molecule has 0 aliphatic rings. The molecule has 0 aliphatic heterocycles. The zero-order valence-corrected chi connectivity index (χ0v) is 13.6. The molecule has 2 aromatic carbocycles. The Balaban J connectivity index is 2.21. The second kappa shape index (κ2) is 8.12. The first-order chi connectivity index (χ1) is 11.5. The van der Waals surface area contributed by atoms with Gasteiger partial charge in [0.2, 0.25) is 5.91 Å². The zero-order chi connectivity index (χ0) is 17.5. The lowest BCUT2D eigenvalue weighted by molar-refractivity contribution is -0.123. The summed E-state index contributed by atoms with van der Waals surface area (Å²) in [6.45, 7) is 1.45. The highest BCUT2D eigenvalue weighted by atomic mass is 16.5. The van der Waals surface area contributed by atoms with Crippen LogP contribution in [-0.4, -0.2) is 36.6 Å². The van der Waals surface area contributed by atoms with Gasteiger partial charge in [0, 0.05) is 7.05 Å². The van der Waals surface area contributed by atoms with Crippen LogP contribution in [0.1, 0.15) is 15.9 Å². The average molecular weight is 328 g/mol. The maximum absolute atomic E-state index is 12.4. The molecule has 2 rings (SSSR count). The van der Waals surface area contributed by atoms with Crippen molar-refractivity contribution in [3.63, 3.8) is 0 Å². The van der Waals surface area contributed by atoms with E-state index in [1.807, 2.05) is 25.1 Å². The molecule has 0 aliphatic carbocycles. The molecule has 0 heterocycles. The molecule has 1 atom stereocenters. The predicted octanol–water partition coefficient (Wildman–Crippen LogP) is 1.62. The highest BCUT2D eigenvalue weighted by Crippen LogP contribution is 2.25. The van der Waals surface area contributed by atoms with E-state index in [2.05, 4.69) is 10.6 Å². The molecule has 0 radical (unpaired) electrons. The largest absolute Gasteiger partial charge is 0.457 e. The van der Waals surface area contributed by atoms with Gasteiger partial charge in [-0.2, -0.15) is 0 Å². The first kappa shape index (κ1) is 17.5. The maximum Gasteiger partial charge on any atom is 0.255 e. The van der Waals surface area contributed by atoms with Crippen LogP contribution in [0.5, 0.6) is 11.5 Å². The van der Waals surface area contributed by atoms with Crippen molar-refractivity contribution in [2.75, 3.05) is 13.7 Å². The number of likely N-dealkylation sites (N-methyl/N-ethyl adjacent to an activating group) is 1. The number of hydrogen-bond acceptors (Lipinski definition) is 4. The summed E-state index contributed by atoms with van der Waals surface area (Å²) >= 11 is 0. The quantitative estimate of drug-likeness (QED) is 0.752. The van der Waals surface area contributed by atoms with Gasteiger partial charge in [0.05, 0.1) is 12.2 Å². The standard InChI is InChI=1S/C18H20N2O4/c1-12-6-5-7-13(10-12)24-16-9-4-3-8-14(16)17(22)20-15(11-21)18(23)19-2/h3-10,15,21H,11H2,1-2H3,(H,19,23)(H,20,22). The van der Waals surface area contributed by atoms with Crippen LogP contribution in [0.15, 0.2) is 48.5 Å². The van der Waals surface area contributed by atoms with Gasteiger partial charge >= 0.3 is 0 Å². The minimum Gasteiger partial charge on any atom is -0.457 e. The highest BCUT2D eigenvalue weighted by molar-refractivity contribution is 5.99. The summed E-state index contributed by atoms with van der Waals surface area (Å²) < 4.78 is 5.79. The summed E-state index contributed by atoms with van der Waals surface area (Å²) in [4.78, 5) is 24.0. The van der Waals surface area contributed by atoms with Crippen LogP contribution >= 0.6 is 0 Å². The van der Waals surface area contributed by atoms with E-state index in [0.717, 1.165) is 5.56 Å². The van der Waals surface area contributed by atoms with Crippen LogP contribution in [-0.2, 0) is 4.79 Å². The summed E-state index contributed by atoms with van der Waals surface area (Å²) in [5.74, 6) is 0.0123. The van der Waals surface area contributed by atoms with E-state index in [-0.39, 0.29) is 5.56 Å². The molecule has 2 aromatic rings. The van der Waals surface area contributed by atoms with E-state index in [9.17, 15) is 14.7 Å². The number of aliphatic hydroxyl groups excluding tert-OH is 1. The summed E-state index contributed by atoms with van der Waals surface area (Å²) in [7, 11) is 1.44. The van der Waals surface area contributed by atoms with Gasteiger partial charge in [0.15, 0.2) is 0 Å². The lowest BCUT2D eigenvalue weighted by atomic mass is 10.1. The fraction of sp³-hybridized carbons (Fsp3) is 0.222. The van der Waals surface area contributed by atoms with E-state index in [0.29, 0.717) is 11.5 Å². The number of amides is 2. The van der Waals surface area contributed by atoms with E-state index < -0.39 is 24.5 Å². The smallest absolute Gasteiger partial charge is 0.255 e. The van der Waals surface area contributed by atoms with Crippen molar-refractivity contribution in [1.82, 2.24) is 10.6 Å². The number of aryl methyl sites for hydroxylation is 1.